The number of nitro groups is 1. The molecule has 2 rings (SSSR count). The maximum Gasteiger partial charge on any atom is 0.281 e. The molecule has 2 aromatic rings. The van der Waals surface area contributed by atoms with Crippen molar-refractivity contribution in [3.8, 4) is 0 Å². The van der Waals surface area contributed by atoms with Gasteiger partial charge in [-0.25, -0.2) is 4.98 Å². The van der Waals surface area contributed by atoms with Gasteiger partial charge in [0.25, 0.3) is 11.6 Å². The Hall–Kier alpha value is -2.94. The average Bonchev–Trinajstić information content (AvgIpc) is 2.83. The summed E-state index contributed by atoms with van der Waals surface area (Å²) in [4.78, 5) is 26.6. The van der Waals surface area contributed by atoms with Crippen LogP contribution in [0.25, 0.3) is 5.70 Å². The van der Waals surface area contributed by atoms with Crippen molar-refractivity contribution in [2.45, 2.75) is 6.92 Å². The van der Waals surface area contributed by atoms with E-state index in [1.807, 2.05) is 0 Å². The fraction of sp³-hybridized carbons (Fsp3) is 0.0769. The van der Waals surface area contributed by atoms with Crippen LogP contribution >= 0.6 is 11.3 Å². The molecule has 0 unspecified atom stereocenters. The number of non-ortho nitro benzene ring substituents is 1. The first-order chi connectivity index (χ1) is 10.4. The lowest BCUT2D eigenvalue weighted by atomic mass is 10.1. The van der Waals surface area contributed by atoms with Crippen LogP contribution in [-0.2, 0) is 0 Å². The molecule has 0 saturated carbocycles. The Kier molecular flexibility index (Phi) is 4.37. The van der Waals surface area contributed by atoms with Gasteiger partial charge in [0.2, 0.25) is 0 Å². The number of anilines is 1. The molecule has 0 aliphatic rings. The summed E-state index contributed by atoms with van der Waals surface area (Å²) in [5, 5.41) is 11.0. The number of hydrogen-bond donors (Lipinski definition) is 3. The minimum Gasteiger partial charge on any atom is -0.375 e. The number of amides is 1. The lowest BCUT2D eigenvalue weighted by Crippen LogP contribution is -2.35. The maximum absolute atomic E-state index is 12.0. The van der Waals surface area contributed by atoms with Crippen molar-refractivity contribution >= 4 is 33.8 Å². The molecule has 1 aromatic carbocycles. The Morgan fingerprint density at radius 1 is 1.45 bits per heavy atom. The summed E-state index contributed by atoms with van der Waals surface area (Å²) in [6.45, 7) is 5.41. The highest BCUT2D eigenvalue weighted by Crippen LogP contribution is 2.20. The van der Waals surface area contributed by atoms with Gasteiger partial charge in [-0.05, 0) is 6.92 Å². The van der Waals surface area contributed by atoms with Crippen LogP contribution in [0, 0.1) is 17.0 Å². The highest BCUT2D eigenvalue weighted by Gasteiger charge is 2.14. The van der Waals surface area contributed by atoms with E-state index >= 15 is 0 Å². The molecule has 22 heavy (non-hydrogen) atoms. The molecular formula is C13H13N5O3S. The van der Waals surface area contributed by atoms with Gasteiger partial charge in [-0.15, -0.1) is 0 Å². The topological polar surface area (TPSA) is 123 Å². The Balaban J connectivity index is 2.04. The number of nitrogen functional groups attached to an aromatic ring is 1. The monoisotopic (exact) mass is 319 g/mol. The second-order valence-electron chi connectivity index (χ2n) is 4.33. The van der Waals surface area contributed by atoms with Crippen LogP contribution in [0.1, 0.15) is 20.9 Å². The van der Waals surface area contributed by atoms with Crippen LogP contribution in [0.5, 0.6) is 0 Å². The largest absolute Gasteiger partial charge is 0.375 e. The zero-order chi connectivity index (χ0) is 16.3. The number of aryl methyl sites for hydroxylation is 1. The molecule has 1 aromatic heterocycles. The van der Waals surface area contributed by atoms with Crippen LogP contribution in [0.15, 0.2) is 30.8 Å². The number of carbonyl (C=O) groups is 1. The molecular weight excluding hydrogens is 306 g/mol. The Bertz CT molecular complexity index is 756. The number of carbonyl (C=O) groups excluding carboxylic acids is 1. The minimum absolute atomic E-state index is 0.0575. The van der Waals surface area contributed by atoms with Crippen molar-refractivity contribution in [2.75, 3.05) is 5.73 Å². The predicted molar refractivity (Wildman–Crippen MR) is 84.0 cm³/mol. The van der Waals surface area contributed by atoms with Crippen LogP contribution in [0.2, 0.25) is 0 Å². The zero-order valence-corrected chi connectivity index (χ0v) is 12.4. The number of hydrogen-bond acceptors (Lipinski definition) is 7. The number of nitrogens with zero attached hydrogens (tertiary/aromatic N) is 2. The number of benzene rings is 1. The molecule has 0 aliphatic carbocycles. The van der Waals surface area contributed by atoms with Gasteiger partial charge >= 0.3 is 0 Å². The second kappa shape index (κ2) is 6.22. The van der Waals surface area contributed by atoms with Crippen molar-refractivity contribution in [1.82, 2.24) is 15.8 Å². The second-order valence-corrected chi connectivity index (χ2v) is 5.36. The van der Waals surface area contributed by atoms with Gasteiger partial charge in [0.15, 0.2) is 5.13 Å². The van der Waals surface area contributed by atoms with E-state index in [1.165, 1.54) is 18.2 Å². The van der Waals surface area contributed by atoms with Crippen molar-refractivity contribution in [2.24, 2.45) is 0 Å². The number of nitro benzene ring substituents is 1. The van der Waals surface area contributed by atoms with E-state index in [2.05, 4.69) is 22.4 Å². The van der Waals surface area contributed by atoms with Gasteiger partial charge in [-0.2, -0.15) is 0 Å². The zero-order valence-electron chi connectivity index (χ0n) is 11.6. The quantitative estimate of drug-likeness (QED) is 0.571. The molecule has 1 heterocycles. The van der Waals surface area contributed by atoms with E-state index in [1.54, 1.807) is 13.0 Å². The van der Waals surface area contributed by atoms with Crippen LogP contribution in [0.3, 0.4) is 0 Å². The lowest BCUT2D eigenvalue weighted by molar-refractivity contribution is -0.384. The minimum atomic E-state index is -0.501. The summed E-state index contributed by atoms with van der Waals surface area (Å²) in [5.74, 6) is -0.404. The standard InChI is InChI=1S/C13H13N5O3S/c1-7(9-4-3-5-10(6-9)18(20)21)16-17-12(19)11-8(2)15-13(14)22-11/h3-6,16H,1H2,2H3,(H2,14,15)(H,17,19). The number of nitrogens with one attached hydrogen (secondary N) is 2. The number of hydrazine groups is 1. The molecule has 0 fully saturated rings. The SMILES string of the molecule is C=C(NNC(=O)c1sc(N)nc1C)c1cccc([N+](=O)[O-])c1. The third kappa shape index (κ3) is 3.38. The number of nitrogens with two attached hydrogens (primary N) is 1. The first-order valence-electron chi connectivity index (χ1n) is 6.11. The molecule has 0 radical (unpaired) electrons. The van der Waals surface area contributed by atoms with Gasteiger partial charge in [-0.1, -0.05) is 30.0 Å². The smallest absolute Gasteiger partial charge is 0.281 e. The number of aromatic nitrogens is 1. The Labute approximate surface area is 129 Å². The highest BCUT2D eigenvalue weighted by molar-refractivity contribution is 7.17. The summed E-state index contributed by atoms with van der Waals surface area (Å²) in [6.07, 6.45) is 0. The molecule has 8 nitrogen and oxygen atoms in total. The van der Waals surface area contributed by atoms with Gasteiger partial charge in [0, 0.05) is 17.7 Å². The Morgan fingerprint density at radius 2 is 2.18 bits per heavy atom. The highest BCUT2D eigenvalue weighted by atomic mass is 32.1. The van der Waals surface area contributed by atoms with Gasteiger partial charge in [0.05, 0.1) is 16.3 Å². The van der Waals surface area contributed by atoms with Gasteiger partial charge in [-0.3, -0.25) is 25.8 Å². The Morgan fingerprint density at radius 3 is 2.77 bits per heavy atom. The third-order valence-corrected chi connectivity index (χ3v) is 3.74. The third-order valence-electron chi connectivity index (χ3n) is 2.75. The van der Waals surface area contributed by atoms with Gasteiger partial charge < -0.3 is 5.73 Å². The number of rotatable bonds is 5. The predicted octanol–water partition coefficient (Wildman–Crippen LogP) is 1.85. The molecule has 4 N–H and O–H groups in total. The molecule has 0 bridgehead atoms. The summed E-state index contributed by atoms with van der Waals surface area (Å²) in [7, 11) is 0. The van der Waals surface area contributed by atoms with Crippen LogP contribution in [0.4, 0.5) is 10.8 Å². The van der Waals surface area contributed by atoms with Crippen molar-refractivity contribution in [1.29, 1.82) is 0 Å². The molecule has 0 atom stereocenters. The van der Waals surface area contributed by atoms with Crippen molar-refractivity contribution in [3.63, 3.8) is 0 Å². The van der Waals surface area contributed by atoms with Gasteiger partial charge in [0.1, 0.15) is 4.88 Å². The normalized spacial score (nSPS) is 10.0. The van der Waals surface area contributed by atoms with E-state index < -0.39 is 10.8 Å². The van der Waals surface area contributed by atoms with Crippen LogP contribution in [-0.4, -0.2) is 15.8 Å². The fourth-order valence-electron chi connectivity index (χ4n) is 1.70. The first-order valence-corrected chi connectivity index (χ1v) is 6.93. The van der Waals surface area contributed by atoms with E-state index in [-0.39, 0.29) is 5.69 Å². The molecule has 1 amide bonds. The van der Waals surface area contributed by atoms with E-state index in [0.717, 1.165) is 11.3 Å². The molecule has 0 aliphatic heterocycles. The summed E-state index contributed by atoms with van der Waals surface area (Å²) in [6, 6.07) is 5.91. The molecule has 114 valence electrons. The molecule has 0 saturated heterocycles. The fourth-order valence-corrected chi connectivity index (χ4v) is 2.43. The molecule has 9 heteroatoms. The van der Waals surface area contributed by atoms with Crippen LogP contribution < -0.4 is 16.6 Å². The summed E-state index contributed by atoms with van der Waals surface area (Å²) < 4.78 is 0. The van der Waals surface area contributed by atoms with Crippen molar-refractivity contribution in [3.05, 3.63) is 57.1 Å². The number of thiazole rings is 1. The van der Waals surface area contributed by atoms with Crippen molar-refractivity contribution < 1.29 is 9.72 Å². The average molecular weight is 319 g/mol. The first kappa shape index (κ1) is 15.4. The summed E-state index contributed by atoms with van der Waals surface area (Å²) in [5.41, 5.74) is 11.9. The lowest BCUT2D eigenvalue weighted by Gasteiger charge is -2.10. The summed E-state index contributed by atoms with van der Waals surface area (Å²) >= 11 is 1.07. The molecule has 0 spiro atoms. The van der Waals surface area contributed by atoms with E-state index in [0.29, 0.717) is 27.0 Å². The van der Waals surface area contributed by atoms with E-state index in [9.17, 15) is 14.9 Å². The van der Waals surface area contributed by atoms with E-state index in [4.69, 9.17) is 5.73 Å². The maximum atomic E-state index is 12.0.